The number of nitrogens with one attached hydrogen (secondary N) is 1. The molecule has 0 aliphatic rings. The second kappa shape index (κ2) is 6.83. The molecule has 2 N–H and O–H groups in total. The Balaban J connectivity index is 2.37. The molecule has 0 bridgehead atoms. The van der Waals surface area contributed by atoms with Gasteiger partial charge in [0.15, 0.2) is 0 Å². The Hall–Kier alpha value is -0.960. The molecule has 18 heavy (non-hydrogen) atoms. The first-order valence-electron chi connectivity index (χ1n) is 5.76. The summed E-state index contributed by atoms with van der Waals surface area (Å²) < 4.78 is 28.8. The predicted octanol–water partition coefficient (Wildman–Crippen LogP) is -0.660. The molecule has 0 fully saturated rings. The SMILES string of the molecule is Cc1cnn(CCNS(=O)(=O)N(C)CCCO)c1. The summed E-state index contributed by atoms with van der Waals surface area (Å²) >= 11 is 0. The summed E-state index contributed by atoms with van der Waals surface area (Å²) in [6.45, 7) is 2.98. The van der Waals surface area contributed by atoms with Crippen molar-refractivity contribution in [1.29, 1.82) is 0 Å². The van der Waals surface area contributed by atoms with Gasteiger partial charge < -0.3 is 5.11 Å². The number of aryl methyl sites for hydroxylation is 1. The second-order valence-corrected chi connectivity index (χ2v) is 5.94. The normalized spacial score (nSPS) is 12.2. The lowest BCUT2D eigenvalue weighted by atomic mass is 10.4. The van der Waals surface area contributed by atoms with E-state index in [-0.39, 0.29) is 13.2 Å². The third-order valence-electron chi connectivity index (χ3n) is 2.43. The monoisotopic (exact) mass is 276 g/mol. The standard InChI is InChI=1S/C10H20N4O3S/c1-10-8-11-14(9-10)6-4-12-18(16,17)13(2)5-3-7-15/h8-9,12,15H,3-7H2,1-2H3. The molecule has 1 heterocycles. The summed E-state index contributed by atoms with van der Waals surface area (Å²) in [6, 6.07) is 0. The van der Waals surface area contributed by atoms with E-state index in [2.05, 4.69) is 9.82 Å². The lowest BCUT2D eigenvalue weighted by Gasteiger charge is -2.17. The van der Waals surface area contributed by atoms with E-state index in [1.807, 2.05) is 13.1 Å². The molecular weight excluding hydrogens is 256 g/mol. The van der Waals surface area contributed by atoms with Gasteiger partial charge in [0.25, 0.3) is 10.2 Å². The minimum Gasteiger partial charge on any atom is -0.396 e. The summed E-state index contributed by atoms with van der Waals surface area (Å²) in [7, 11) is -1.98. The molecule has 0 saturated heterocycles. The minimum absolute atomic E-state index is 0.0214. The highest BCUT2D eigenvalue weighted by molar-refractivity contribution is 7.87. The molecule has 104 valence electrons. The Kier molecular flexibility index (Phi) is 5.73. The van der Waals surface area contributed by atoms with E-state index in [9.17, 15) is 8.42 Å². The third kappa shape index (κ3) is 4.73. The van der Waals surface area contributed by atoms with Crippen molar-refractivity contribution >= 4 is 10.2 Å². The minimum atomic E-state index is -3.46. The van der Waals surface area contributed by atoms with Crippen LogP contribution in [0.1, 0.15) is 12.0 Å². The fourth-order valence-electron chi connectivity index (χ4n) is 1.40. The van der Waals surface area contributed by atoms with Crippen molar-refractivity contribution in [2.75, 3.05) is 26.7 Å². The van der Waals surface area contributed by atoms with Crippen LogP contribution in [0.2, 0.25) is 0 Å². The van der Waals surface area contributed by atoms with Crippen molar-refractivity contribution in [2.24, 2.45) is 0 Å². The van der Waals surface area contributed by atoms with E-state index in [1.54, 1.807) is 10.9 Å². The van der Waals surface area contributed by atoms with Gasteiger partial charge in [0, 0.05) is 32.9 Å². The third-order valence-corrected chi connectivity index (χ3v) is 4.00. The van der Waals surface area contributed by atoms with Crippen molar-refractivity contribution < 1.29 is 13.5 Å². The average Bonchev–Trinajstić information content (AvgIpc) is 2.71. The van der Waals surface area contributed by atoms with Crippen LogP contribution < -0.4 is 4.72 Å². The van der Waals surface area contributed by atoms with Gasteiger partial charge in [-0.3, -0.25) is 4.68 Å². The molecule has 0 amide bonds. The molecule has 0 saturated carbocycles. The lowest BCUT2D eigenvalue weighted by Crippen LogP contribution is -2.40. The molecule has 7 nitrogen and oxygen atoms in total. The van der Waals surface area contributed by atoms with E-state index in [0.29, 0.717) is 19.5 Å². The number of hydrogen-bond donors (Lipinski definition) is 2. The van der Waals surface area contributed by atoms with Gasteiger partial charge in [-0.2, -0.15) is 17.8 Å². The highest BCUT2D eigenvalue weighted by Gasteiger charge is 2.15. The first-order chi connectivity index (χ1) is 8.45. The molecule has 1 aromatic rings. The van der Waals surface area contributed by atoms with Gasteiger partial charge in [-0.05, 0) is 18.9 Å². The number of aliphatic hydroxyl groups is 1. The van der Waals surface area contributed by atoms with Crippen LogP contribution >= 0.6 is 0 Å². The van der Waals surface area contributed by atoms with Crippen molar-refractivity contribution in [2.45, 2.75) is 19.9 Å². The van der Waals surface area contributed by atoms with Crippen LogP contribution in [0.15, 0.2) is 12.4 Å². The Morgan fingerprint density at radius 3 is 2.83 bits per heavy atom. The molecule has 0 unspecified atom stereocenters. The average molecular weight is 276 g/mol. The van der Waals surface area contributed by atoms with E-state index in [4.69, 9.17) is 5.11 Å². The number of aromatic nitrogens is 2. The highest BCUT2D eigenvalue weighted by atomic mass is 32.2. The topological polar surface area (TPSA) is 87.5 Å². The second-order valence-electron chi connectivity index (χ2n) is 4.08. The summed E-state index contributed by atoms with van der Waals surface area (Å²) in [5, 5.41) is 12.7. The summed E-state index contributed by atoms with van der Waals surface area (Å²) in [4.78, 5) is 0. The number of rotatable bonds is 8. The molecule has 0 radical (unpaired) electrons. The Bertz CT molecular complexity index is 457. The van der Waals surface area contributed by atoms with Crippen LogP contribution in [-0.4, -0.2) is 54.4 Å². The maximum Gasteiger partial charge on any atom is 0.279 e. The zero-order chi connectivity index (χ0) is 13.6. The zero-order valence-corrected chi connectivity index (χ0v) is 11.5. The molecular formula is C10H20N4O3S. The van der Waals surface area contributed by atoms with Crippen LogP contribution in [0.3, 0.4) is 0 Å². The van der Waals surface area contributed by atoms with Crippen LogP contribution in [0.5, 0.6) is 0 Å². The first kappa shape index (κ1) is 15.1. The van der Waals surface area contributed by atoms with Gasteiger partial charge in [-0.25, -0.2) is 4.72 Å². The predicted molar refractivity (Wildman–Crippen MR) is 68.2 cm³/mol. The largest absolute Gasteiger partial charge is 0.396 e. The lowest BCUT2D eigenvalue weighted by molar-refractivity contribution is 0.275. The van der Waals surface area contributed by atoms with Gasteiger partial charge in [0.05, 0.1) is 12.7 Å². The van der Waals surface area contributed by atoms with Crippen molar-refractivity contribution in [3.8, 4) is 0 Å². The Labute approximate surface area is 108 Å². The van der Waals surface area contributed by atoms with Gasteiger partial charge >= 0.3 is 0 Å². The van der Waals surface area contributed by atoms with Crippen LogP contribution in [0.25, 0.3) is 0 Å². The molecule has 0 aliphatic heterocycles. The van der Waals surface area contributed by atoms with Crippen LogP contribution in [-0.2, 0) is 16.8 Å². The van der Waals surface area contributed by atoms with E-state index in [1.165, 1.54) is 11.4 Å². The van der Waals surface area contributed by atoms with E-state index < -0.39 is 10.2 Å². The fraction of sp³-hybridized carbons (Fsp3) is 0.700. The molecule has 0 aromatic carbocycles. The Morgan fingerprint density at radius 2 is 2.28 bits per heavy atom. The van der Waals surface area contributed by atoms with Gasteiger partial charge in [0.1, 0.15) is 0 Å². The first-order valence-corrected chi connectivity index (χ1v) is 7.20. The van der Waals surface area contributed by atoms with Gasteiger partial charge in [-0.1, -0.05) is 0 Å². The molecule has 0 atom stereocenters. The fourth-order valence-corrected chi connectivity index (χ4v) is 2.34. The van der Waals surface area contributed by atoms with Crippen molar-refractivity contribution in [3.05, 3.63) is 18.0 Å². The van der Waals surface area contributed by atoms with Crippen molar-refractivity contribution in [1.82, 2.24) is 18.8 Å². The zero-order valence-electron chi connectivity index (χ0n) is 10.7. The highest BCUT2D eigenvalue weighted by Crippen LogP contribution is 1.96. The summed E-state index contributed by atoms with van der Waals surface area (Å²) in [5.74, 6) is 0. The van der Waals surface area contributed by atoms with E-state index in [0.717, 1.165) is 5.56 Å². The van der Waals surface area contributed by atoms with Crippen molar-refractivity contribution in [3.63, 3.8) is 0 Å². The van der Waals surface area contributed by atoms with Crippen LogP contribution in [0.4, 0.5) is 0 Å². The van der Waals surface area contributed by atoms with E-state index >= 15 is 0 Å². The molecule has 1 aromatic heterocycles. The Morgan fingerprint density at radius 1 is 1.56 bits per heavy atom. The maximum absolute atomic E-state index is 11.7. The molecule has 8 heteroatoms. The summed E-state index contributed by atoms with van der Waals surface area (Å²) in [5.41, 5.74) is 1.04. The number of aliphatic hydroxyl groups excluding tert-OH is 1. The molecule has 0 spiro atoms. The van der Waals surface area contributed by atoms with Gasteiger partial charge in [-0.15, -0.1) is 0 Å². The van der Waals surface area contributed by atoms with Gasteiger partial charge in [0.2, 0.25) is 0 Å². The summed E-state index contributed by atoms with van der Waals surface area (Å²) in [6.07, 6.45) is 4.00. The smallest absolute Gasteiger partial charge is 0.279 e. The quantitative estimate of drug-likeness (QED) is 0.660. The van der Waals surface area contributed by atoms with Crippen LogP contribution in [0, 0.1) is 6.92 Å². The molecule has 1 rings (SSSR count). The number of nitrogens with zero attached hydrogens (tertiary/aromatic N) is 3. The number of hydrogen-bond acceptors (Lipinski definition) is 4. The molecule has 0 aliphatic carbocycles. The maximum atomic E-state index is 11.7.